The molecule has 230 valence electrons. The molecule has 0 bridgehead atoms. The van der Waals surface area contributed by atoms with Gasteiger partial charge in [-0.2, -0.15) is 0 Å². The number of rotatable bonds is 11. The van der Waals surface area contributed by atoms with Gasteiger partial charge in [0.05, 0.1) is 7.11 Å². The molecule has 0 aliphatic heterocycles. The number of carbonyl (C=O) groups excluding carboxylic acids is 2. The molecule has 0 atom stereocenters. The molecule has 0 unspecified atom stereocenters. The molecule has 0 aliphatic carbocycles. The molecule has 6 nitrogen and oxygen atoms in total. The summed E-state index contributed by atoms with van der Waals surface area (Å²) in [6.45, 7) is 2.90. The Bertz CT molecular complexity index is 1840. The molecule has 0 aliphatic rings. The Labute approximate surface area is 269 Å². The van der Waals surface area contributed by atoms with Crippen LogP contribution < -0.4 is 14.4 Å². The molecule has 0 radical (unpaired) electrons. The average molecular weight is 610 g/mol. The quantitative estimate of drug-likeness (QED) is 0.0845. The van der Waals surface area contributed by atoms with Gasteiger partial charge in [0.2, 0.25) is 0 Å². The van der Waals surface area contributed by atoms with E-state index in [1.807, 2.05) is 36.4 Å². The number of hydrogen-bond donors (Lipinski definition) is 0. The van der Waals surface area contributed by atoms with Gasteiger partial charge < -0.3 is 19.1 Å². The third kappa shape index (κ3) is 8.83. The summed E-state index contributed by atoms with van der Waals surface area (Å²) in [6, 6.07) is 40.5. The second-order valence-corrected chi connectivity index (χ2v) is 10.6. The van der Waals surface area contributed by atoms with E-state index in [0.717, 1.165) is 45.1 Å². The summed E-state index contributed by atoms with van der Waals surface area (Å²) in [6.07, 6.45) is 8.13. The van der Waals surface area contributed by atoms with Crippen LogP contribution in [0.2, 0.25) is 0 Å². The maximum Gasteiger partial charge on any atom is 0.349 e. The van der Waals surface area contributed by atoms with Crippen molar-refractivity contribution in [2.45, 2.75) is 13.8 Å². The lowest BCUT2D eigenvalue weighted by molar-refractivity contribution is -0.152. The summed E-state index contributed by atoms with van der Waals surface area (Å²) in [5.74, 6) is 0.0433. The van der Waals surface area contributed by atoms with Gasteiger partial charge in [-0.3, -0.25) is 4.79 Å². The molecular weight excluding hydrogens is 574 g/mol. The van der Waals surface area contributed by atoms with Crippen LogP contribution >= 0.6 is 0 Å². The summed E-state index contributed by atoms with van der Waals surface area (Å²) >= 11 is 0. The summed E-state index contributed by atoms with van der Waals surface area (Å²) in [5.41, 5.74) is 8.39. The normalized spacial score (nSPS) is 11.0. The lowest BCUT2D eigenvalue weighted by atomic mass is 10.1. The van der Waals surface area contributed by atoms with Crippen molar-refractivity contribution >= 4 is 53.3 Å². The number of carbonyl (C=O) groups is 2. The summed E-state index contributed by atoms with van der Waals surface area (Å²) in [4.78, 5) is 25.1. The molecule has 5 aromatic rings. The zero-order valence-corrected chi connectivity index (χ0v) is 26.1. The molecule has 0 spiro atoms. The smallest absolute Gasteiger partial charge is 0.349 e. The van der Waals surface area contributed by atoms with Crippen LogP contribution in [0.1, 0.15) is 34.7 Å². The minimum absolute atomic E-state index is 0.380. The maximum absolute atomic E-state index is 11.9. The van der Waals surface area contributed by atoms with E-state index < -0.39 is 18.5 Å². The Morgan fingerprint density at radius 1 is 0.609 bits per heavy atom. The third-order valence-corrected chi connectivity index (χ3v) is 7.11. The fourth-order valence-corrected chi connectivity index (χ4v) is 4.74. The van der Waals surface area contributed by atoms with Crippen LogP contribution in [0, 0.1) is 6.92 Å². The van der Waals surface area contributed by atoms with Gasteiger partial charge in [0.1, 0.15) is 11.5 Å². The predicted octanol–water partition coefficient (Wildman–Crippen LogP) is 9.28. The lowest BCUT2D eigenvalue weighted by Crippen LogP contribution is -2.17. The molecule has 0 N–H and O–H groups in total. The number of esters is 2. The Morgan fingerprint density at radius 3 is 1.57 bits per heavy atom. The molecular formula is C40H35NO5. The van der Waals surface area contributed by atoms with Crippen molar-refractivity contribution in [1.29, 1.82) is 0 Å². The van der Waals surface area contributed by atoms with Gasteiger partial charge >= 0.3 is 11.9 Å². The van der Waals surface area contributed by atoms with Crippen molar-refractivity contribution in [3.8, 4) is 11.5 Å². The van der Waals surface area contributed by atoms with Gasteiger partial charge in [-0.15, -0.1) is 0 Å². The minimum Gasteiger partial charge on any atom is -0.497 e. The van der Waals surface area contributed by atoms with E-state index in [-0.39, 0.29) is 0 Å². The number of nitrogens with zero attached hydrogens (tertiary/aromatic N) is 1. The highest BCUT2D eigenvalue weighted by molar-refractivity contribution is 5.80. The van der Waals surface area contributed by atoms with Crippen LogP contribution in [0.5, 0.6) is 11.5 Å². The van der Waals surface area contributed by atoms with Crippen molar-refractivity contribution in [1.82, 2.24) is 0 Å². The fourth-order valence-electron chi connectivity index (χ4n) is 4.74. The lowest BCUT2D eigenvalue weighted by Gasteiger charge is -2.26. The molecule has 0 saturated heterocycles. The first-order chi connectivity index (χ1) is 22.4. The van der Waals surface area contributed by atoms with E-state index in [9.17, 15) is 9.59 Å². The van der Waals surface area contributed by atoms with E-state index in [0.29, 0.717) is 5.75 Å². The third-order valence-electron chi connectivity index (χ3n) is 7.11. The highest BCUT2D eigenvalue weighted by Gasteiger charge is 2.12. The second-order valence-electron chi connectivity index (χ2n) is 10.6. The van der Waals surface area contributed by atoms with Crippen LogP contribution in [0.3, 0.4) is 0 Å². The number of benzene rings is 5. The average Bonchev–Trinajstić information content (AvgIpc) is 3.08. The van der Waals surface area contributed by atoms with Gasteiger partial charge in [0.15, 0.2) is 6.61 Å². The second kappa shape index (κ2) is 15.2. The zero-order chi connectivity index (χ0) is 32.3. The maximum atomic E-state index is 11.9. The number of ether oxygens (including phenoxy) is 3. The SMILES string of the molecule is COc1cccc(/C=C/c2ccc(N(c3ccc(C)cc3)c3ccc(/C=C/c4cccc(OC(=O)COC(C)=O)c4)cc3)cc2)c1. The van der Waals surface area contributed by atoms with E-state index in [1.165, 1.54) is 12.5 Å². The largest absolute Gasteiger partial charge is 0.497 e. The summed E-state index contributed by atoms with van der Waals surface area (Å²) in [5, 5.41) is 0. The van der Waals surface area contributed by atoms with Crippen molar-refractivity contribution in [3.05, 3.63) is 149 Å². The minimum atomic E-state index is -0.635. The van der Waals surface area contributed by atoms with Crippen LogP contribution in [0.15, 0.2) is 121 Å². The number of hydrogen-bond acceptors (Lipinski definition) is 6. The van der Waals surface area contributed by atoms with Crippen LogP contribution in [-0.4, -0.2) is 25.7 Å². The molecule has 0 saturated carbocycles. The molecule has 0 amide bonds. The molecule has 46 heavy (non-hydrogen) atoms. The molecule has 6 heteroatoms. The predicted molar refractivity (Wildman–Crippen MR) is 185 cm³/mol. The zero-order valence-electron chi connectivity index (χ0n) is 26.1. The Balaban J connectivity index is 1.33. The van der Waals surface area contributed by atoms with Gasteiger partial charge in [-0.1, -0.05) is 90.5 Å². The Kier molecular flexibility index (Phi) is 10.4. The first-order valence-electron chi connectivity index (χ1n) is 14.9. The first-order valence-corrected chi connectivity index (χ1v) is 14.9. The van der Waals surface area contributed by atoms with Crippen molar-refractivity contribution in [2.24, 2.45) is 0 Å². The Morgan fingerprint density at radius 2 is 1.07 bits per heavy atom. The Hall–Kier alpha value is -5.88. The number of aryl methyl sites for hydroxylation is 1. The highest BCUT2D eigenvalue weighted by Crippen LogP contribution is 2.35. The monoisotopic (exact) mass is 609 g/mol. The van der Waals surface area contributed by atoms with Crippen molar-refractivity contribution < 1.29 is 23.8 Å². The van der Waals surface area contributed by atoms with E-state index >= 15 is 0 Å². The van der Waals surface area contributed by atoms with E-state index in [2.05, 4.69) is 103 Å². The topological polar surface area (TPSA) is 65.1 Å². The molecule has 0 heterocycles. The highest BCUT2D eigenvalue weighted by atomic mass is 16.6. The van der Waals surface area contributed by atoms with Crippen LogP contribution in [-0.2, 0) is 14.3 Å². The van der Waals surface area contributed by atoms with Crippen molar-refractivity contribution in [3.63, 3.8) is 0 Å². The standard InChI is InChI=1S/C40H35NO5/c1-29-10-20-35(21-11-29)41(36-22-16-31(17-23-36)12-14-33-6-4-8-38(26-33)44-3)37-24-18-32(19-25-37)13-15-34-7-5-9-39(27-34)46-40(43)28-45-30(2)42/h4-27H,28H2,1-3H3/b14-12+,15-13+. The summed E-state index contributed by atoms with van der Waals surface area (Å²) < 4.78 is 15.3. The van der Waals surface area contributed by atoms with E-state index in [4.69, 9.17) is 14.2 Å². The van der Waals surface area contributed by atoms with Crippen LogP contribution in [0.25, 0.3) is 24.3 Å². The van der Waals surface area contributed by atoms with Gasteiger partial charge in [0, 0.05) is 24.0 Å². The van der Waals surface area contributed by atoms with Gasteiger partial charge in [-0.25, -0.2) is 4.79 Å². The molecule has 5 aromatic carbocycles. The van der Waals surface area contributed by atoms with Gasteiger partial charge in [0.25, 0.3) is 0 Å². The number of methoxy groups -OCH3 is 1. The fraction of sp³-hybridized carbons (Fsp3) is 0.100. The van der Waals surface area contributed by atoms with Crippen LogP contribution in [0.4, 0.5) is 17.1 Å². The molecule has 0 fully saturated rings. The molecule has 0 aromatic heterocycles. The molecule has 5 rings (SSSR count). The first kappa shape index (κ1) is 31.5. The van der Waals surface area contributed by atoms with Gasteiger partial charge in [-0.05, 0) is 89.8 Å². The van der Waals surface area contributed by atoms with E-state index in [1.54, 1.807) is 25.3 Å². The summed E-state index contributed by atoms with van der Waals surface area (Å²) in [7, 11) is 1.67. The number of anilines is 3. The van der Waals surface area contributed by atoms with Crippen molar-refractivity contribution in [2.75, 3.05) is 18.6 Å².